The first kappa shape index (κ1) is 19.8. The zero-order chi connectivity index (χ0) is 21.2. The highest BCUT2D eigenvalue weighted by Gasteiger charge is 2.32. The molecule has 3 aromatic rings. The molecular formula is C22H22N4O4S. The van der Waals surface area contributed by atoms with Crippen molar-refractivity contribution < 1.29 is 18.7 Å². The minimum Gasteiger partial charge on any atom is -0.485 e. The number of fused-ring (bicyclic) bond motifs is 1. The molecule has 0 aliphatic carbocycles. The highest BCUT2D eigenvalue weighted by Crippen LogP contribution is 2.31. The van der Waals surface area contributed by atoms with Gasteiger partial charge in [-0.15, -0.1) is 5.10 Å². The Hall–Kier alpha value is -3.17. The van der Waals surface area contributed by atoms with Gasteiger partial charge in [-0.2, -0.15) is 0 Å². The van der Waals surface area contributed by atoms with Crippen LogP contribution in [0.2, 0.25) is 0 Å². The maximum absolute atomic E-state index is 12.9. The summed E-state index contributed by atoms with van der Waals surface area (Å²) >= 11 is 5.34. The fourth-order valence-corrected chi connectivity index (χ4v) is 3.91. The van der Waals surface area contributed by atoms with E-state index in [9.17, 15) is 4.79 Å². The number of hydrogen-bond acceptors (Lipinski definition) is 7. The van der Waals surface area contributed by atoms with Crippen molar-refractivity contribution in [3.05, 3.63) is 59.4 Å². The van der Waals surface area contributed by atoms with Crippen molar-refractivity contribution in [3.8, 4) is 23.0 Å². The number of ether oxygens (including phenoxy) is 2. The molecule has 9 heteroatoms. The third kappa shape index (κ3) is 4.19. The van der Waals surface area contributed by atoms with E-state index in [1.165, 1.54) is 0 Å². The number of para-hydroxylation sites is 2. The van der Waals surface area contributed by atoms with Gasteiger partial charge in [-0.25, -0.2) is 4.68 Å². The average Bonchev–Trinajstić information content (AvgIpc) is 3.19. The molecule has 0 spiro atoms. The van der Waals surface area contributed by atoms with Crippen LogP contribution < -0.4 is 9.47 Å². The van der Waals surface area contributed by atoms with E-state index in [4.69, 9.17) is 26.1 Å². The monoisotopic (exact) mass is 438 g/mol. The van der Waals surface area contributed by atoms with Gasteiger partial charge in [0.15, 0.2) is 11.5 Å². The molecule has 2 aliphatic rings. The molecule has 1 atom stereocenters. The standard InChI is InChI=1S/C22H22N4O4S/c27-21(19-14-28-17-8-4-5-9-18(17)29-19)25-12-10-24(11-13-25)15-26-22(31)30-20(23-26)16-6-2-1-3-7-16/h1-9,19H,10-15H2. The van der Waals surface area contributed by atoms with Crippen molar-refractivity contribution in [3.63, 3.8) is 0 Å². The maximum atomic E-state index is 12.9. The number of amides is 1. The zero-order valence-corrected chi connectivity index (χ0v) is 17.7. The number of aromatic nitrogens is 2. The van der Waals surface area contributed by atoms with E-state index in [0.717, 1.165) is 5.56 Å². The lowest BCUT2D eigenvalue weighted by Gasteiger charge is -2.36. The minimum atomic E-state index is -0.612. The Morgan fingerprint density at radius 1 is 1.00 bits per heavy atom. The van der Waals surface area contributed by atoms with Crippen molar-refractivity contribution in [2.24, 2.45) is 0 Å². The van der Waals surface area contributed by atoms with Gasteiger partial charge in [0.2, 0.25) is 12.0 Å². The molecule has 1 amide bonds. The molecule has 31 heavy (non-hydrogen) atoms. The zero-order valence-electron chi connectivity index (χ0n) is 16.8. The predicted molar refractivity (Wildman–Crippen MR) is 115 cm³/mol. The Kier molecular flexibility index (Phi) is 5.44. The molecule has 1 aromatic heterocycles. The fourth-order valence-electron chi connectivity index (χ4n) is 3.74. The lowest BCUT2D eigenvalue weighted by atomic mass is 10.2. The highest BCUT2D eigenvalue weighted by atomic mass is 32.1. The molecule has 1 unspecified atom stereocenters. The molecule has 1 saturated heterocycles. The SMILES string of the molecule is O=C(C1COc2ccccc2O1)N1CCN(Cn2nc(-c3ccccc3)oc2=S)CC1. The van der Waals surface area contributed by atoms with E-state index in [-0.39, 0.29) is 12.5 Å². The van der Waals surface area contributed by atoms with E-state index in [2.05, 4.69) is 10.00 Å². The van der Waals surface area contributed by atoms with Gasteiger partial charge in [0, 0.05) is 31.7 Å². The topological polar surface area (TPSA) is 73.0 Å². The molecule has 0 radical (unpaired) electrons. The summed E-state index contributed by atoms with van der Waals surface area (Å²) in [6.45, 7) is 3.39. The third-order valence-electron chi connectivity index (χ3n) is 5.43. The van der Waals surface area contributed by atoms with Gasteiger partial charge in [0.25, 0.3) is 10.7 Å². The van der Waals surface area contributed by atoms with Gasteiger partial charge in [-0.3, -0.25) is 9.69 Å². The number of hydrogen-bond donors (Lipinski definition) is 0. The number of piperazine rings is 1. The Labute approximate surface area is 184 Å². The summed E-state index contributed by atoms with van der Waals surface area (Å²) in [4.78, 5) is 17.3. The van der Waals surface area contributed by atoms with Crippen LogP contribution in [0.25, 0.3) is 11.5 Å². The lowest BCUT2D eigenvalue weighted by molar-refractivity contribution is -0.143. The van der Waals surface area contributed by atoms with Crippen LogP contribution in [0, 0.1) is 4.84 Å². The Bertz CT molecular complexity index is 1120. The molecular weight excluding hydrogens is 416 g/mol. The fraction of sp³-hybridized carbons (Fsp3) is 0.318. The van der Waals surface area contributed by atoms with Gasteiger partial charge in [0.05, 0.1) is 6.67 Å². The normalized spacial score (nSPS) is 18.7. The van der Waals surface area contributed by atoms with Crippen LogP contribution in [0.1, 0.15) is 0 Å². The molecule has 2 aliphatic heterocycles. The molecule has 160 valence electrons. The summed E-state index contributed by atoms with van der Waals surface area (Å²) in [5, 5.41) is 4.51. The smallest absolute Gasteiger partial charge is 0.288 e. The van der Waals surface area contributed by atoms with Crippen molar-refractivity contribution in [1.29, 1.82) is 0 Å². The number of carbonyl (C=O) groups excluding carboxylic acids is 1. The van der Waals surface area contributed by atoms with Crippen molar-refractivity contribution in [2.45, 2.75) is 12.8 Å². The second-order valence-electron chi connectivity index (χ2n) is 7.49. The molecule has 5 rings (SSSR count). The van der Waals surface area contributed by atoms with Crippen molar-refractivity contribution in [1.82, 2.24) is 19.6 Å². The summed E-state index contributed by atoms with van der Waals surface area (Å²) in [7, 11) is 0. The van der Waals surface area contributed by atoms with Crippen molar-refractivity contribution >= 4 is 18.1 Å². The first-order valence-corrected chi connectivity index (χ1v) is 10.6. The van der Waals surface area contributed by atoms with Gasteiger partial charge in [-0.1, -0.05) is 30.3 Å². The van der Waals surface area contributed by atoms with E-state index < -0.39 is 6.10 Å². The molecule has 2 aromatic carbocycles. The largest absolute Gasteiger partial charge is 0.485 e. The van der Waals surface area contributed by atoms with Crippen molar-refractivity contribution in [2.75, 3.05) is 32.8 Å². The number of nitrogens with zero attached hydrogens (tertiary/aromatic N) is 4. The maximum Gasteiger partial charge on any atom is 0.288 e. The summed E-state index contributed by atoms with van der Waals surface area (Å²) in [5.41, 5.74) is 0.888. The third-order valence-corrected chi connectivity index (χ3v) is 5.72. The Morgan fingerprint density at radius 3 is 2.48 bits per heavy atom. The first-order chi connectivity index (χ1) is 15.2. The van der Waals surface area contributed by atoms with Crippen LogP contribution in [0.15, 0.2) is 59.0 Å². The molecule has 0 bridgehead atoms. The van der Waals surface area contributed by atoms with E-state index in [0.29, 0.717) is 55.1 Å². The van der Waals surface area contributed by atoms with Crippen LogP contribution in [0.4, 0.5) is 0 Å². The summed E-state index contributed by atoms with van der Waals surface area (Å²) in [6.07, 6.45) is -0.612. The molecule has 0 N–H and O–H groups in total. The van der Waals surface area contributed by atoms with Gasteiger partial charge >= 0.3 is 0 Å². The molecule has 8 nitrogen and oxygen atoms in total. The van der Waals surface area contributed by atoms with Crippen LogP contribution >= 0.6 is 12.2 Å². The second-order valence-corrected chi connectivity index (χ2v) is 7.84. The first-order valence-electron chi connectivity index (χ1n) is 10.2. The molecule has 1 fully saturated rings. The van der Waals surface area contributed by atoms with E-state index in [1.54, 1.807) is 4.68 Å². The number of benzene rings is 2. The Balaban J connectivity index is 1.17. The summed E-state index contributed by atoms with van der Waals surface area (Å²) in [6, 6.07) is 17.1. The quantitative estimate of drug-likeness (QED) is 0.580. The van der Waals surface area contributed by atoms with Gasteiger partial charge in [0.1, 0.15) is 6.61 Å². The molecule has 3 heterocycles. The average molecular weight is 439 g/mol. The minimum absolute atomic E-state index is 0.0430. The predicted octanol–water partition coefficient (Wildman–Crippen LogP) is 2.81. The van der Waals surface area contributed by atoms with Gasteiger partial charge in [-0.05, 0) is 36.5 Å². The second kappa shape index (κ2) is 8.52. The highest BCUT2D eigenvalue weighted by molar-refractivity contribution is 7.71. The van der Waals surface area contributed by atoms with Crippen LogP contribution in [0.5, 0.6) is 11.5 Å². The molecule has 0 saturated carbocycles. The van der Waals surface area contributed by atoms with Crippen LogP contribution in [-0.2, 0) is 11.5 Å². The van der Waals surface area contributed by atoms with E-state index >= 15 is 0 Å². The Morgan fingerprint density at radius 2 is 1.71 bits per heavy atom. The number of carbonyl (C=O) groups is 1. The van der Waals surface area contributed by atoms with Crippen LogP contribution in [-0.4, -0.2) is 64.4 Å². The summed E-state index contributed by atoms with van der Waals surface area (Å²) in [5.74, 6) is 1.75. The lowest BCUT2D eigenvalue weighted by Crippen LogP contribution is -2.54. The summed E-state index contributed by atoms with van der Waals surface area (Å²) < 4.78 is 18.9. The van der Waals surface area contributed by atoms with Gasteiger partial charge < -0.3 is 18.8 Å². The number of rotatable bonds is 4. The van der Waals surface area contributed by atoms with E-state index in [1.807, 2.05) is 59.5 Å². The van der Waals surface area contributed by atoms with Crippen LogP contribution in [0.3, 0.4) is 0 Å².